The number of carbonyl (C=O) groups excluding carboxylic acids is 1. The van der Waals surface area contributed by atoms with Crippen molar-refractivity contribution in [3.63, 3.8) is 0 Å². The average molecular weight is 306 g/mol. The van der Waals surface area contributed by atoms with Gasteiger partial charge in [0.2, 0.25) is 5.91 Å². The molecule has 1 N–H and O–H groups in total. The van der Waals surface area contributed by atoms with Gasteiger partial charge in [-0.2, -0.15) is 11.8 Å². The predicted molar refractivity (Wildman–Crippen MR) is 87.3 cm³/mol. The van der Waals surface area contributed by atoms with Crippen LogP contribution in [0.1, 0.15) is 12.0 Å². The molecule has 0 spiro atoms. The van der Waals surface area contributed by atoms with Crippen LogP contribution in [-0.4, -0.2) is 11.7 Å². The maximum absolute atomic E-state index is 11.8. The van der Waals surface area contributed by atoms with Gasteiger partial charge < -0.3 is 5.32 Å². The van der Waals surface area contributed by atoms with Gasteiger partial charge >= 0.3 is 0 Å². The Labute approximate surface area is 128 Å². The van der Waals surface area contributed by atoms with E-state index in [4.69, 9.17) is 11.6 Å². The third kappa shape index (κ3) is 4.91. The molecular weight excluding hydrogens is 290 g/mol. The highest BCUT2D eigenvalue weighted by atomic mass is 35.5. The summed E-state index contributed by atoms with van der Waals surface area (Å²) < 4.78 is 0. The monoisotopic (exact) mass is 305 g/mol. The van der Waals surface area contributed by atoms with Gasteiger partial charge in [-0.05, 0) is 17.7 Å². The molecule has 2 nitrogen and oxygen atoms in total. The first-order chi connectivity index (χ1) is 9.75. The fraction of sp³-hybridized carbons (Fsp3) is 0.188. The molecule has 0 aliphatic heterocycles. The minimum atomic E-state index is -0.00124. The van der Waals surface area contributed by atoms with Crippen molar-refractivity contribution in [1.29, 1.82) is 0 Å². The second-order valence-corrected chi connectivity index (χ2v) is 5.83. The lowest BCUT2D eigenvalue weighted by Gasteiger charge is -2.06. The van der Waals surface area contributed by atoms with Gasteiger partial charge in [-0.1, -0.05) is 54.1 Å². The Balaban J connectivity index is 1.69. The molecule has 1 amide bonds. The largest absolute Gasteiger partial charge is 0.325 e. The molecule has 2 rings (SSSR count). The van der Waals surface area contributed by atoms with Gasteiger partial charge in [-0.15, -0.1) is 0 Å². The molecule has 0 bridgehead atoms. The molecule has 0 fully saturated rings. The standard InChI is InChI=1S/C16H16ClNOS/c17-14-8-4-5-9-15(14)18-16(19)10-11-20-12-13-6-2-1-3-7-13/h1-9H,10-12H2,(H,18,19). The molecule has 0 saturated heterocycles. The van der Waals surface area contributed by atoms with Gasteiger partial charge in [0.15, 0.2) is 0 Å². The SMILES string of the molecule is O=C(CCSCc1ccccc1)Nc1ccccc1Cl. The molecule has 2 aromatic carbocycles. The molecule has 0 aliphatic rings. The number of hydrogen-bond donors (Lipinski definition) is 1. The molecule has 0 aliphatic carbocycles. The van der Waals surface area contributed by atoms with Crippen LogP contribution in [0, 0.1) is 0 Å². The minimum absolute atomic E-state index is 0.00124. The van der Waals surface area contributed by atoms with Crippen LogP contribution in [0.15, 0.2) is 54.6 Å². The third-order valence-electron chi connectivity index (χ3n) is 2.73. The number of anilines is 1. The molecule has 4 heteroatoms. The van der Waals surface area contributed by atoms with E-state index in [1.807, 2.05) is 30.3 Å². The number of thioether (sulfide) groups is 1. The Morgan fingerprint density at radius 1 is 1.05 bits per heavy atom. The van der Waals surface area contributed by atoms with Crippen molar-refractivity contribution in [3.8, 4) is 0 Å². The Kier molecular flexibility index (Phi) is 5.96. The van der Waals surface area contributed by atoms with Crippen molar-refractivity contribution >= 4 is 35.0 Å². The van der Waals surface area contributed by atoms with Crippen LogP contribution in [0.4, 0.5) is 5.69 Å². The van der Waals surface area contributed by atoms with Gasteiger partial charge in [0.05, 0.1) is 10.7 Å². The second-order valence-electron chi connectivity index (χ2n) is 4.32. The molecule has 20 heavy (non-hydrogen) atoms. The lowest BCUT2D eigenvalue weighted by atomic mass is 10.2. The Morgan fingerprint density at radius 2 is 1.75 bits per heavy atom. The highest BCUT2D eigenvalue weighted by Gasteiger charge is 2.05. The fourth-order valence-electron chi connectivity index (χ4n) is 1.70. The number of halogens is 1. The zero-order valence-electron chi connectivity index (χ0n) is 11.0. The summed E-state index contributed by atoms with van der Waals surface area (Å²) in [5.74, 6) is 1.73. The quantitative estimate of drug-likeness (QED) is 0.790. The van der Waals surface area contributed by atoms with E-state index < -0.39 is 0 Å². The van der Waals surface area contributed by atoms with Gasteiger partial charge in [0.25, 0.3) is 0 Å². The summed E-state index contributed by atoms with van der Waals surface area (Å²) in [5.41, 5.74) is 1.95. The van der Waals surface area contributed by atoms with Crippen molar-refractivity contribution in [2.24, 2.45) is 0 Å². The number of nitrogens with one attached hydrogen (secondary N) is 1. The highest BCUT2D eigenvalue weighted by molar-refractivity contribution is 7.98. The van der Waals surface area contributed by atoms with Crippen molar-refractivity contribution in [3.05, 3.63) is 65.2 Å². The van der Waals surface area contributed by atoms with Crippen LogP contribution in [0.2, 0.25) is 5.02 Å². The van der Waals surface area contributed by atoms with E-state index in [-0.39, 0.29) is 5.91 Å². The molecule has 0 aromatic heterocycles. The predicted octanol–water partition coefficient (Wildman–Crippen LogP) is 4.60. The van der Waals surface area contributed by atoms with E-state index in [0.29, 0.717) is 17.1 Å². The zero-order chi connectivity index (χ0) is 14.2. The van der Waals surface area contributed by atoms with E-state index in [1.54, 1.807) is 23.9 Å². The van der Waals surface area contributed by atoms with Gasteiger partial charge in [0, 0.05) is 17.9 Å². The van der Waals surface area contributed by atoms with E-state index in [0.717, 1.165) is 11.5 Å². The minimum Gasteiger partial charge on any atom is -0.325 e. The number of hydrogen-bond acceptors (Lipinski definition) is 2. The lowest BCUT2D eigenvalue weighted by Crippen LogP contribution is -2.12. The maximum Gasteiger partial charge on any atom is 0.225 e. The molecule has 0 unspecified atom stereocenters. The Morgan fingerprint density at radius 3 is 2.50 bits per heavy atom. The third-order valence-corrected chi connectivity index (χ3v) is 4.09. The number of para-hydroxylation sites is 1. The van der Waals surface area contributed by atoms with E-state index in [9.17, 15) is 4.79 Å². The van der Waals surface area contributed by atoms with Crippen molar-refractivity contribution < 1.29 is 4.79 Å². The summed E-state index contributed by atoms with van der Waals surface area (Å²) in [6.45, 7) is 0. The number of amides is 1. The van der Waals surface area contributed by atoms with E-state index in [2.05, 4.69) is 17.4 Å². The molecule has 0 saturated carbocycles. The average Bonchev–Trinajstić information content (AvgIpc) is 2.47. The van der Waals surface area contributed by atoms with Gasteiger partial charge in [-0.25, -0.2) is 0 Å². The summed E-state index contributed by atoms with van der Waals surface area (Å²) in [5, 5.41) is 3.39. The van der Waals surface area contributed by atoms with Crippen LogP contribution >= 0.6 is 23.4 Å². The molecule has 0 radical (unpaired) electrons. The first kappa shape index (κ1) is 14.9. The normalized spacial score (nSPS) is 10.2. The van der Waals surface area contributed by atoms with Gasteiger partial charge in [0.1, 0.15) is 0 Å². The number of rotatable bonds is 6. The number of carbonyl (C=O) groups is 1. The van der Waals surface area contributed by atoms with Crippen LogP contribution < -0.4 is 5.32 Å². The zero-order valence-corrected chi connectivity index (χ0v) is 12.6. The van der Waals surface area contributed by atoms with Crippen molar-refractivity contribution in [1.82, 2.24) is 0 Å². The van der Waals surface area contributed by atoms with Crippen LogP contribution in [-0.2, 0) is 10.5 Å². The molecule has 104 valence electrons. The molecular formula is C16H16ClNOS. The van der Waals surface area contributed by atoms with Crippen LogP contribution in [0.3, 0.4) is 0 Å². The summed E-state index contributed by atoms with van der Waals surface area (Å²) in [6.07, 6.45) is 0.489. The summed E-state index contributed by atoms with van der Waals surface area (Å²) in [4.78, 5) is 11.8. The molecule has 2 aromatic rings. The Hall–Kier alpha value is -1.45. The maximum atomic E-state index is 11.8. The van der Waals surface area contributed by atoms with E-state index in [1.165, 1.54) is 5.56 Å². The number of benzene rings is 2. The van der Waals surface area contributed by atoms with Crippen LogP contribution in [0.5, 0.6) is 0 Å². The summed E-state index contributed by atoms with van der Waals surface area (Å²) in [6, 6.07) is 17.5. The smallest absolute Gasteiger partial charge is 0.225 e. The van der Waals surface area contributed by atoms with Crippen molar-refractivity contribution in [2.75, 3.05) is 11.1 Å². The van der Waals surface area contributed by atoms with Gasteiger partial charge in [-0.3, -0.25) is 4.79 Å². The van der Waals surface area contributed by atoms with Crippen molar-refractivity contribution in [2.45, 2.75) is 12.2 Å². The van der Waals surface area contributed by atoms with E-state index >= 15 is 0 Å². The fourth-order valence-corrected chi connectivity index (χ4v) is 2.79. The first-order valence-electron chi connectivity index (χ1n) is 6.42. The molecule has 0 atom stereocenters. The molecule has 0 heterocycles. The highest BCUT2D eigenvalue weighted by Crippen LogP contribution is 2.21. The summed E-state index contributed by atoms with van der Waals surface area (Å²) >= 11 is 7.75. The second kappa shape index (κ2) is 7.98. The first-order valence-corrected chi connectivity index (χ1v) is 7.95. The summed E-state index contributed by atoms with van der Waals surface area (Å²) in [7, 11) is 0. The van der Waals surface area contributed by atoms with Crippen LogP contribution in [0.25, 0.3) is 0 Å². The topological polar surface area (TPSA) is 29.1 Å². The lowest BCUT2D eigenvalue weighted by molar-refractivity contribution is -0.115. The Bertz CT molecular complexity index is 559.